The summed E-state index contributed by atoms with van der Waals surface area (Å²) in [5, 5.41) is 18.3. The fourth-order valence-corrected chi connectivity index (χ4v) is 2.47. The van der Waals surface area contributed by atoms with Crippen LogP contribution in [0.3, 0.4) is 0 Å². The number of aromatic nitrogens is 1. The highest BCUT2D eigenvalue weighted by Gasteiger charge is 2.30. The van der Waals surface area contributed by atoms with Crippen molar-refractivity contribution in [3.05, 3.63) is 49.5 Å². The van der Waals surface area contributed by atoms with Gasteiger partial charge in [0.15, 0.2) is 11.6 Å². The van der Waals surface area contributed by atoms with Gasteiger partial charge in [-0.05, 0) is 22.0 Å². The molecule has 0 saturated carbocycles. The lowest BCUT2D eigenvalue weighted by atomic mass is 9.95. The number of anilines is 1. The number of carboxylic acids is 2. The van der Waals surface area contributed by atoms with E-state index in [0.29, 0.717) is 0 Å². The minimum atomic E-state index is -1.91. The third kappa shape index (κ3) is 2.62. The van der Waals surface area contributed by atoms with Gasteiger partial charge in [0.1, 0.15) is 22.8 Å². The Morgan fingerprint density at radius 1 is 1.08 bits per heavy atom. The van der Waals surface area contributed by atoms with Gasteiger partial charge in [0.25, 0.3) is 5.56 Å². The number of aromatic carboxylic acids is 2. The molecule has 0 bridgehead atoms. The van der Waals surface area contributed by atoms with Crippen LogP contribution in [0.15, 0.2) is 15.3 Å². The average Bonchev–Trinajstić information content (AvgIpc) is 2.47. The van der Waals surface area contributed by atoms with Crippen molar-refractivity contribution in [2.45, 2.75) is 0 Å². The van der Waals surface area contributed by atoms with Gasteiger partial charge in [-0.25, -0.2) is 22.8 Å². The summed E-state index contributed by atoms with van der Waals surface area (Å²) >= 11 is 2.44. The first-order valence-corrected chi connectivity index (χ1v) is 6.72. The predicted molar refractivity (Wildman–Crippen MR) is 78.4 cm³/mol. The molecule has 1 aromatic carbocycles. The summed E-state index contributed by atoms with van der Waals surface area (Å²) in [5.74, 6) is -9.18. The summed E-state index contributed by atoms with van der Waals surface area (Å²) in [4.78, 5) is 36.2. The highest BCUT2D eigenvalue weighted by Crippen LogP contribution is 2.36. The molecule has 0 aliphatic rings. The van der Waals surface area contributed by atoms with Gasteiger partial charge >= 0.3 is 11.9 Å². The smallest absolute Gasteiger partial charge is 0.342 e. The fraction of sp³-hybridized carbons (Fsp3) is 0. The summed E-state index contributed by atoms with van der Waals surface area (Å²) in [6.07, 6.45) is 0. The Bertz CT molecular complexity index is 958. The second-order valence-corrected chi connectivity index (χ2v) is 5.24. The molecule has 126 valence electrons. The Hall–Kier alpha value is -2.82. The van der Waals surface area contributed by atoms with E-state index in [1.165, 1.54) is 0 Å². The summed E-state index contributed by atoms with van der Waals surface area (Å²) in [6.45, 7) is 0. The van der Waals surface area contributed by atoms with E-state index in [1.54, 1.807) is 4.98 Å². The molecule has 0 atom stereocenters. The standard InChI is InChI=1S/C13H6BrF3N2O5/c14-7-8(16)2(1-3(15)9(7)17)4-5(12(21)22)10(18)19-11(20)6(4)13(23)24/h1H,(H,21,22)(H,23,24)(H3,18,19,20). The van der Waals surface area contributed by atoms with E-state index < -0.39 is 67.5 Å². The number of nitrogen functional groups attached to an aromatic ring is 1. The Balaban J connectivity index is 3.12. The number of rotatable bonds is 3. The Morgan fingerprint density at radius 2 is 1.62 bits per heavy atom. The van der Waals surface area contributed by atoms with Crippen LogP contribution in [0, 0.1) is 17.5 Å². The first-order valence-electron chi connectivity index (χ1n) is 5.93. The van der Waals surface area contributed by atoms with Gasteiger partial charge < -0.3 is 20.9 Å². The van der Waals surface area contributed by atoms with E-state index in [1.807, 2.05) is 0 Å². The second kappa shape index (κ2) is 6.00. The van der Waals surface area contributed by atoms with Gasteiger partial charge in [-0.2, -0.15) is 0 Å². The maximum atomic E-state index is 14.3. The number of benzene rings is 1. The maximum Gasteiger partial charge on any atom is 0.342 e. The molecular weight excluding hydrogens is 401 g/mol. The molecule has 0 fully saturated rings. The summed E-state index contributed by atoms with van der Waals surface area (Å²) in [7, 11) is 0. The molecule has 2 rings (SSSR count). The Kier molecular flexibility index (Phi) is 4.38. The van der Waals surface area contributed by atoms with Crippen molar-refractivity contribution in [2.75, 3.05) is 5.73 Å². The van der Waals surface area contributed by atoms with Crippen LogP contribution in [-0.2, 0) is 0 Å². The quantitative estimate of drug-likeness (QED) is 0.456. The molecule has 0 amide bonds. The predicted octanol–water partition coefficient (Wildman–Crippen LogP) is 2.20. The number of carbonyl (C=O) groups is 2. The summed E-state index contributed by atoms with van der Waals surface area (Å²) in [5.41, 5.74) is -0.0585. The van der Waals surface area contributed by atoms with Crippen LogP contribution >= 0.6 is 15.9 Å². The maximum absolute atomic E-state index is 14.3. The monoisotopic (exact) mass is 406 g/mol. The SMILES string of the molecule is Nc1[nH]c(=O)c(C(=O)O)c(-c2cc(F)c(F)c(Br)c2F)c1C(=O)O. The molecule has 0 unspecified atom stereocenters. The molecule has 11 heteroatoms. The number of hydrogen-bond donors (Lipinski definition) is 4. The van der Waals surface area contributed by atoms with Crippen LogP contribution in [0.2, 0.25) is 0 Å². The number of carboxylic acid groups (broad SMARTS) is 2. The van der Waals surface area contributed by atoms with Crippen molar-refractivity contribution < 1.29 is 33.0 Å². The number of halogens is 4. The minimum Gasteiger partial charge on any atom is -0.478 e. The number of hydrogen-bond acceptors (Lipinski definition) is 4. The van der Waals surface area contributed by atoms with Crippen molar-refractivity contribution in [3.63, 3.8) is 0 Å². The van der Waals surface area contributed by atoms with E-state index >= 15 is 0 Å². The summed E-state index contributed by atoms with van der Waals surface area (Å²) in [6, 6.07) is 0.239. The van der Waals surface area contributed by atoms with Crippen LogP contribution in [0.1, 0.15) is 20.7 Å². The van der Waals surface area contributed by atoms with Crippen molar-refractivity contribution >= 4 is 33.7 Å². The zero-order valence-electron chi connectivity index (χ0n) is 11.3. The molecule has 0 aliphatic heterocycles. The van der Waals surface area contributed by atoms with E-state index in [0.717, 1.165) is 0 Å². The number of nitrogens with two attached hydrogens (primary N) is 1. The zero-order valence-corrected chi connectivity index (χ0v) is 12.9. The van der Waals surface area contributed by atoms with Gasteiger partial charge in [0.2, 0.25) is 0 Å². The third-order valence-electron chi connectivity index (χ3n) is 3.04. The van der Waals surface area contributed by atoms with Crippen LogP contribution in [0.5, 0.6) is 0 Å². The topological polar surface area (TPSA) is 133 Å². The minimum absolute atomic E-state index is 0.239. The lowest BCUT2D eigenvalue weighted by Gasteiger charge is -2.14. The Morgan fingerprint density at radius 3 is 2.12 bits per heavy atom. The molecule has 24 heavy (non-hydrogen) atoms. The molecule has 2 aromatic rings. The van der Waals surface area contributed by atoms with Gasteiger partial charge in [0, 0.05) is 11.1 Å². The lowest BCUT2D eigenvalue weighted by Crippen LogP contribution is -2.24. The van der Waals surface area contributed by atoms with Crippen molar-refractivity contribution in [2.24, 2.45) is 0 Å². The molecule has 0 saturated heterocycles. The normalized spacial score (nSPS) is 10.7. The molecule has 0 aliphatic carbocycles. The largest absolute Gasteiger partial charge is 0.478 e. The van der Waals surface area contributed by atoms with E-state index in [2.05, 4.69) is 15.9 Å². The van der Waals surface area contributed by atoms with E-state index in [4.69, 9.17) is 10.8 Å². The van der Waals surface area contributed by atoms with Crippen LogP contribution in [0.4, 0.5) is 19.0 Å². The Labute approximate surface area is 138 Å². The molecule has 1 heterocycles. The second-order valence-electron chi connectivity index (χ2n) is 4.45. The van der Waals surface area contributed by atoms with E-state index in [-0.39, 0.29) is 6.07 Å². The molecule has 7 nitrogen and oxygen atoms in total. The molecule has 0 spiro atoms. The molecule has 5 N–H and O–H groups in total. The molecular formula is C13H6BrF3N2O5. The van der Waals surface area contributed by atoms with Crippen LogP contribution < -0.4 is 11.3 Å². The van der Waals surface area contributed by atoms with Crippen LogP contribution in [-0.4, -0.2) is 27.1 Å². The van der Waals surface area contributed by atoms with Gasteiger partial charge in [-0.3, -0.25) is 4.79 Å². The first kappa shape index (κ1) is 17.5. The highest BCUT2D eigenvalue weighted by molar-refractivity contribution is 9.10. The van der Waals surface area contributed by atoms with Crippen molar-refractivity contribution in [1.82, 2.24) is 4.98 Å². The number of nitrogens with one attached hydrogen (secondary N) is 1. The first-order chi connectivity index (χ1) is 11.1. The van der Waals surface area contributed by atoms with Gasteiger partial charge in [-0.15, -0.1) is 0 Å². The average molecular weight is 407 g/mol. The van der Waals surface area contributed by atoms with Crippen molar-refractivity contribution in [3.8, 4) is 11.1 Å². The summed E-state index contributed by atoms with van der Waals surface area (Å²) < 4.78 is 40.3. The number of aromatic amines is 1. The van der Waals surface area contributed by atoms with Gasteiger partial charge in [0.05, 0.1) is 4.47 Å². The highest BCUT2D eigenvalue weighted by atomic mass is 79.9. The number of pyridine rings is 1. The fourth-order valence-electron chi connectivity index (χ4n) is 2.07. The van der Waals surface area contributed by atoms with Crippen molar-refractivity contribution in [1.29, 1.82) is 0 Å². The lowest BCUT2D eigenvalue weighted by molar-refractivity contribution is 0.0695. The third-order valence-corrected chi connectivity index (χ3v) is 3.74. The molecule has 1 aromatic heterocycles. The zero-order chi connectivity index (χ0) is 18.3. The van der Waals surface area contributed by atoms with Gasteiger partial charge in [-0.1, -0.05) is 0 Å². The van der Waals surface area contributed by atoms with E-state index in [9.17, 15) is 32.7 Å². The van der Waals surface area contributed by atoms with Crippen LogP contribution in [0.25, 0.3) is 11.1 Å². The molecule has 0 radical (unpaired) electrons. The number of H-pyrrole nitrogens is 1.